The zero-order valence-electron chi connectivity index (χ0n) is 12.5. The number of amides is 1. The molecule has 0 unspecified atom stereocenters. The minimum Gasteiger partial charge on any atom is -0.351 e. The van der Waals surface area contributed by atoms with Gasteiger partial charge in [-0.15, -0.1) is 0 Å². The Labute approximate surface area is 121 Å². The maximum Gasteiger partial charge on any atom is 0.251 e. The van der Waals surface area contributed by atoms with Gasteiger partial charge in [0.05, 0.1) is 5.69 Å². The molecule has 0 atom stereocenters. The van der Waals surface area contributed by atoms with Gasteiger partial charge in [-0.3, -0.25) is 10.6 Å². The van der Waals surface area contributed by atoms with Gasteiger partial charge in [0.25, 0.3) is 5.91 Å². The van der Waals surface area contributed by atoms with E-state index in [2.05, 4.69) is 17.7 Å². The minimum atomic E-state index is 0.00321. The number of hydrogen-bond acceptors (Lipinski definition) is 3. The Kier molecular flexibility index (Phi) is 4.65. The fraction of sp³-hybridized carbons (Fsp3) is 0.562. The summed E-state index contributed by atoms with van der Waals surface area (Å²) in [6, 6.07) is 5.51. The molecule has 20 heavy (non-hydrogen) atoms. The molecule has 1 aliphatic rings. The lowest BCUT2D eigenvalue weighted by Gasteiger charge is -2.33. The van der Waals surface area contributed by atoms with E-state index in [1.54, 1.807) is 6.07 Å². The molecule has 1 fully saturated rings. The van der Waals surface area contributed by atoms with Gasteiger partial charge < -0.3 is 10.7 Å². The second-order valence-electron chi connectivity index (χ2n) is 6.23. The predicted molar refractivity (Wildman–Crippen MR) is 82.5 cm³/mol. The summed E-state index contributed by atoms with van der Waals surface area (Å²) >= 11 is 0. The van der Waals surface area contributed by atoms with E-state index in [1.165, 1.54) is 32.1 Å². The van der Waals surface area contributed by atoms with Gasteiger partial charge in [0.15, 0.2) is 0 Å². The zero-order valence-corrected chi connectivity index (χ0v) is 12.5. The molecule has 0 heterocycles. The first-order chi connectivity index (χ1) is 9.54. The van der Waals surface area contributed by atoms with E-state index in [0.717, 1.165) is 17.8 Å². The first kappa shape index (κ1) is 14.9. The number of hydrazine groups is 1. The third-order valence-corrected chi connectivity index (χ3v) is 4.38. The molecule has 4 N–H and O–H groups in total. The maximum absolute atomic E-state index is 12.2. The van der Waals surface area contributed by atoms with E-state index < -0.39 is 0 Å². The second kappa shape index (κ2) is 6.27. The van der Waals surface area contributed by atoms with E-state index in [4.69, 9.17) is 5.84 Å². The third kappa shape index (κ3) is 3.51. The summed E-state index contributed by atoms with van der Waals surface area (Å²) in [6.07, 6.45) is 6.31. The molecule has 0 saturated heterocycles. The fourth-order valence-electron chi connectivity index (χ4n) is 2.94. The number of hydrogen-bond donors (Lipinski definition) is 3. The number of anilines is 1. The highest BCUT2D eigenvalue weighted by atomic mass is 16.1. The number of nitrogens with one attached hydrogen (secondary N) is 2. The Bertz CT molecular complexity index is 479. The van der Waals surface area contributed by atoms with Crippen molar-refractivity contribution in [2.24, 2.45) is 11.3 Å². The number of rotatable bonds is 4. The zero-order chi connectivity index (χ0) is 14.6. The number of nitrogens with two attached hydrogens (primary N) is 1. The number of benzene rings is 1. The molecular weight excluding hydrogens is 250 g/mol. The Morgan fingerprint density at radius 2 is 2.00 bits per heavy atom. The van der Waals surface area contributed by atoms with Crippen LogP contribution in [0.1, 0.15) is 54.9 Å². The summed E-state index contributed by atoms with van der Waals surface area (Å²) in [5, 5.41) is 3.08. The molecule has 110 valence electrons. The van der Waals surface area contributed by atoms with Gasteiger partial charge in [-0.25, -0.2) is 0 Å². The van der Waals surface area contributed by atoms with Gasteiger partial charge in [-0.05, 0) is 48.9 Å². The van der Waals surface area contributed by atoms with Crippen molar-refractivity contribution in [1.29, 1.82) is 0 Å². The van der Waals surface area contributed by atoms with Crippen molar-refractivity contribution in [1.82, 2.24) is 5.32 Å². The van der Waals surface area contributed by atoms with Crippen LogP contribution >= 0.6 is 0 Å². The molecule has 1 aliphatic carbocycles. The fourth-order valence-corrected chi connectivity index (χ4v) is 2.94. The Morgan fingerprint density at radius 3 is 2.60 bits per heavy atom. The Hall–Kier alpha value is -1.55. The Morgan fingerprint density at radius 1 is 1.30 bits per heavy atom. The van der Waals surface area contributed by atoms with Crippen LogP contribution in [0.2, 0.25) is 0 Å². The summed E-state index contributed by atoms with van der Waals surface area (Å²) < 4.78 is 0. The highest BCUT2D eigenvalue weighted by Gasteiger charge is 2.27. The number of aryl methyl sites for hydroxylation is 1. The topological polar surface area (TPSA) is 67.2 Å². The van der Waals surface area contributed by atoms with E-state index in [-0.39, 0.29) is 11.3 Å². The molecule has 0 spiro atoms. The van der Waals surface area contributed by atoms with E-state index >= 15 is 0 Å². The first-order valence-corrected chi connectivity index (χ1v) is 7.40. The van der Waals surface area contributed by atoms with Crippen molar-refractivity contribution in [3.05, 3.63) is 29.3 Å². The molecule has 0 aliphatic heterocycles. The minimum absolute atomic E-state index is 0.00321. The third-order valence-electron chi connectivity index (χ3n) is 4.38. The van der Waals surface area contributed by atoms with Gasteiger partial charge >= 0.3 is 0 Å². The summed E-state index contributed by atoms with van der Waals surface area (Å²) in [5.41, 5.74) is 5.40. The van der Waals surface area contributed by atoms with Crippen LogP contribution in [0.3, 0.4) is 0 Å². The van der Waals surface area contributed by atoms with E-state index in [9.17, 15) is 4.79 Å². The second-order valence-corrected chi connectivity index (χ2v) is 6.23. The van der Waals surface area contributed by atoms with Gasteiger partial charge in [0.1, 0.15) is 0 Å². The molecule has 1 aromatic rings. The molecule has 4 nitrogen and oxygen atoms in total. The highest BCUT2D eigenvalue weighted by molar-refractivity contribution is 5.94. The summed E-state index contributed by atoms with van der Waals surface area (Å²) in [6.45, 7) is 4.98. The van der Waals surface area contributed by atoms with Crippen LogP contribution in [-0.4, -0.2) is 12.5 Å². The number of carbonyl (C=O) groups is 1. The van der Waals surface area contributed by atoms with Gasteiger partial charge in [-0.2, -0.15) is 0 Å². The molecule has 1 amide bonds. The largest absolute Gasteiger partial charge is 0.351 e. The molecule has 0 bridgehead atoms. The van der Waals surface area contributed by atoms with E-state index in [0.29, 0.717) is 5.56 Å². The quantitative estimate of drug-likeness (QED) is 0.584. The SMILES string of the molecule is Cc1cc(C(=O)NCC2(C)CCCCC2)ccc1NN. The van der Waals surface area contributed by atoms with Crippen LogP contribution in [0.25, 0.3) is 0 Å². The predicted octanol–water partition coefficient (Wildman–Crippen LogP) is 2.98. The molecule has 2 rings (SSSR count). The van der Waals surface area contributed by atoms with Crippen molar-refractivity contribution in [2.75, 3.05) is 12.0 Å². The van der Waals surface area contributed by atoms with Crippen molar-refractivity contribution in [3.8, 4) is 0 Å². The van der Waals surface area contributed by atoms with Crippen molar-refractivity contribution in [3.63, 3.8) is 0 Å². The number of nitrogen functional groups attached to an aromatic ring is 1. The molecule has 1 saturated carbocycles. The van der Waals surface area contributed by atoms with Crippen LogP contribution < -0.4 is 16.6 Å². The summed E-state index contributed by atoms with van der Waals surface area (Å²) in [4.78, 5) is 12.2. The first-order valence-electron chi connectivity index (χ1n) is 7.40. The summed E-state index contributed by atoms with van der Waals surface area (Å²) in [5.74, 6) is 5.40. The lowest BCUT2D eigenvalue weighted by molar-refractivity contribution is 0.0919. The number of carbonyl (C=O) groups excluding carboxylic acids is 1. The van der Waals surface area contributed by atoms with Gasteiger partial charge in [0.2, 0.25) is 0 Å². The van der Waals surface area contributed by atoms with Crippen molar-refractivity contribution >= 4 is 11.6 Å². The lowest BCUT2D eigenvalue weighted by Crippen LogP contribution is -2.37. The molecule has 1 aromatic carbocycles. The highest BCUT2D eigenvalue weighted by Crippen LogP contribution is 2.34. The Balaban J connectivity index is 1.96. The van der Waals surface area contributed by atoms with Crippen LogP contribution in [0.5, 0.6) is 0 Å². The molecular formula is C16H25N3O. The molecule has 0 aromatic heterocycles. The lowest BCUT2D eigenvalue weighted by atomic mass is 9.76. The standard InChI is InChI=1S/C16H25N3O/c1-12-10-13(6-7-14(12)19-17)15(20)18-11-16(2)8-4-3-5-9-16/h6-7,10,19H,3-5,8-9,11,17H2,1-2H3,(H,18,20). The van der Waals surface area contributed by atoms with Gasteiger partial charge in [0, 0.05) is 12.1 Å². The van der Waals surface area contributed by atoms with Gasteiger partial charge in [-0.1, -0.05) is 26.2 Å². The molecule has 4 heteroatoms. The molecule has 0 radical (unpaired) electrons. The van der Waals surface area contributed by atoms with Crippen LogP contribution in [0.15, 0.2) is 18.2 Å². The monoisotopic (exact) mass is 275 g/mol. The van der Waals surface area contributed by atoms with E-state index in [1.807, 2.05) is 19.1 Å². The van der Waals surface area contributed by atoms with Crippen molar-refractivity contribution < 1.29 is 4.79 Å². The van der Waals surface area contributed by atoms with Crippen LogP contribution in [0.4, 0.5) is 5.69 Å². The average Bonchev–Trinajstić information content (AvgIpc) is 2.45. The van der Waals surface area contributed by atoms with Crippen LogP contribution in [-0.2, 0) is 0 Å². The smallest absolute Gasteiger partial charge is 0.251 e. The normalized spacial score (nSPS) is 17.6. The van der Waals surface area contributed by atoms with Crippen molar-refractivity contribution in [2.45, 2.75) is 46.0 Å². The average molecular weight is 275 g/mol. The maximum atomic E-state index is 12.2. The summed E-state index contributed by atoms with van der Waals surface area (Å²) in [7, 11) is 0. The van der Waals surface area contributed by atoms with Crippen LogP contribution in [0, 0.1) is 12.3 Å².